The number of benzene rings is 2. The lowest BCUT2D eigenvalue weighted by molar-refractivity contribution is 0.609. The lowest BCUT2D eigenvalue weighted by atomic mass is 10.1. The Morgan fingerprint density at radius 1 is 1.06 bits per heavy atom. The molecule has 5 aromatic rings. The van der Waals surface area contributed by atoms with Gasteiger partial charge in [0.2, 0.25) is 0 Å². The number of anilines is 1. The Balaban J connectivity index is 1.59. The minimum Gasteiger partial charge on any atom is -0.358 e. The molecule has 3 aromatic heterocycles. The van der Waals surface area contributed by atoms with Crippen molar-refractivity contribution in [1.82, 2.24) is 29.5 Å². The SMILES string of the molecule is Cc1cccc2nc(C(Nc3ncnc4nc[nH]c34)C3CC3)n(-c3ccccc3)c(=O)c12. The fourth-order valence-electron chi connectivity index (χ4n) is 4.29. The first kappa shape index (κ1) is 18.7. The molecule has 158 valence electrons. The van der Waals surface area contributed by atoms with Gasteiger partial charge in [0.25, 0.3) is 5.56 Å². The molecule has 1 atom stereocenters. The van der Waals surface area contributed by atoms with Crippen molar-refractivity contribution >= 4 is 27.9 Å². The molecule has 0 bridgehead atoms. The van der Waals surface area contributed by atoms with E-state index in [1.165, 1.54) is 6.33 Å². The van der Waals surface area contributed by atoms with E-state index in [4.69, 9.17) is 4.98 Å². The molecule has 8 nitrogen and oxygen atoms in total. The van der Waals surface area contributed by atoms with Crippen LogP contribution in [0.5, 0.6) is 0 Å². The number of para-hydroxylation sites is 1. The van der Waals surface area contributed by atoms with Gasteiger partial charge < -0.3 is 10.3 Å². The molecule has 6 rings (SSSR count). The minimum absolute atomic E-state index is 0.0591. The molecule has 1 aliphatic carbocycles. The van der Waals surface area contributed by atoms with Crippen LogP contribution in [0.2, 0.25) is 0 Å². The maximum absolute atomic E-state index is 13.8. The van der Waals surface area contributed by atoms with E-state index in [1.807, 2.05) is 55.5 Å². The molecule has 1 saturated carbocycles. The third-order valence-electron chi connectivity index (χ3n) is 6.03. The molecule has 0 aliphatic heterocycles. The van der Waals surface area contributed by atoms with E-state index in [-0.39, 0.29) is 11.6 Å². The summed E-state index contributed by atoms with van der Waals surface area (Å²) in [4.78, 5) is 34.8. The van der Waals surface area contributed by atoms with Crippen molar-refractivity contribution < 1.29 is 0 Å². The van der Waals surface area contributed by atoms with E-state index in [1.54, 1.807) is 10.9 Å². The molecule has 2 N–H and O–H groups in total. The first-order valence-electron chi connectivity index (χ1n) is 10.7. The van der Waals surface area contributed by atoms with Gasteiger partial charge in [-0.3, -0.25) is 9.36 Å². The van der Waals surface area contributed by atoms with Gasteiger partial charge in [-0.2, -0.15) is 0 Å². The molecule has 0 saturated heterocycles. The summed E-state index contributed by atoms with van der Waals surface area (Å²) in [5.74, 6) is 1.70. The molecule has 1 fully saturated rings. The number of aryl methyl sites for hydroxylation is 1. The lowest BCUT2D eigenvalue weighted by Crippen LogP contribution is -2.29. The summed E-state index contributed by atoms with van der Waals surface area (Å²) in [5, 5.41) is 4.20. The van der Waals surface area contributed by atoms with Crippen LogP contribution < -0.4 is 10.9 Å². The van der Waals surface area contributed by atoms with Crippen LogP contribution >= 0.6 is 0 Å². The first-order valence-corrected chi connectivity index (χ1v) is 10.7. The molecular formula is C24H21N7O. The molecule has 2 aromatic carbocycles. The lowest BCUT2D eigenvalue weighted by Gasteiger charge is -2.23. The predicted octanol–water partition coefficient (Wildman–Crippen LogP) is 3.92. The predicted molar refractivity (Wildman–Crippen MR) is 123 cm³/mol. The third-order valence-corrected chi connectivity index (χ3v) is 6.03. The molecule has 1 unspecified atom stereocenters. The number of fused-ring (bicyclic) bond motifs is 2. The maximum atomic E-state index is 13.8. The van der Waals surface area contributed by atoms with Crippen molar-refractivity contribution in [2.45, 2.75) is 25.8 Å². The Morgan fingerprint density at radius 2 is 1.91 bits per heavy atom. The quantitative estimate of drug-likeness (QED) is 0.444. The minimum atomic E-state index is -0.186. The second kappa shape index (κ2) is 7.26. The van der Waals surface area contributed by atoms with Crippen molar-refractivity contribution in [3.63, 3.8) is 0 Å². The highest BCUT2D eigenvalue weighted by Crippen LogP contribution is 2.43. The smallest absolute Gasteiger partial charge is 0.266 e. The highest BCUT2D eigenvalue weighted by molar-refractivity contribution is 5.83. The molecule has 8 heteroatoms. The Bertz CT molecular complexity index is 1500. The number of hydrogen-bond acceptors (Lipinski definition) is 6. The highest BCUT2D eigenvalue weighted by Gasteiger charge is 2.36. The standard InChI is InChI=1S/C24H21N7O/c1-14-6-5-9-17-18(14)24(32)31(16-7-3-2-4-8-16)23(29-17)19(15-10-11-15)30-22-20-21(26-12-25-20)27-13-28-22/h2-9,12-13,15,19H,10-11H2,1H3,(H2,25,26,27,28,30). The molecule has 32 heavy (non-hydrogen) atoms. The zero-order chi connectivity index (χ0) is 21.7. The second-order valence-corrected chi connectivity index (χ2v) is 8.20. The second-order valence-electron chi connectivity index (χ2n) is 8.20. The summed E-state index contributed by atoms with van der Waals surface area (Å²) >= 11 is 0. The number of hydrogen-bond donors (Lipinski definition) is 2. The highest BCUT2D eigenvalue weighted by atomic mass is 16.1. The van der Waals surface area contributed by atoms with Gasteiger partial charge in [-0.05, 0) is 49.4 Å². The van der Waals surface area contributed by atoms with Crippen LogP contribution in [0.4, 0.5) is 5.82 Å². The number of H-pyrrole nitrogens is 1. The zero-order valence-electron chi connectivity index (χ0n) is 17.5. The van der Waals surface area contributed by atoms with E-state index in [9.17, 15) is 4.79 Å². The van der Waals surface area contributed by atoms with Crippen molar-refractivity contribution in [2.24, 2.45) is 5.92 Å². The summed E-state index contributed by atoms with van der Waals surface area (Å²) < 4.78 is 1.75. The van der Waals surface area contributed by atoms with Crippen LogP contribution in [0, 0.1) is 12.8 Å². The van der Waals surface area contributed by atoms with Crippen molar-refractivity contribution in [3.05, 3.63) is 82.9 Å². The number of aromatic nitrogens is 6. The summed E-state index contributed by atoms with van der Waals surface area (Å²) in [6.45, 7) is 1.95. The topological polar surface area (TPSA) is 101 Å². The van der Waals surface area contributed by atoms with Gasteiger partial charge in [0.05, 0.1) is 29.0 Å². The summed E-state index contributed by atoms with van der Waals surface area (Å²) in [6.07, 6.45) is 5.22. The number of rotatable bonds is 5. The largest absolute Gasteiger partial charge is 0.358 e. The van der Waals surface area contributed by atoms with E-state index >= 15 is 0 Å². The Hall–Kier alpha value is -4.07. The Kier molecular flexibility index (Phi) is 4.24. The average molecular weight is 423 g/mol. The fraction of sp³-hybridized carbons (Fsp3) is 0.208. The first-order chi connectivity index (χ1) is 15.7. The van der Waals surface area contributed by atoms with E-state index in [0.29, 0.717) is 34.1 Å². The van der Waals surface area contributed by atoms with Gasteiger partial charge in [-0.25, -0.2) is 19.9 Å². The normalized spacial score (nSPS) is 14.7. The monoisotopic (exact) mass is 423 g/mol. The third kappa shape index (κ3) is 3.03. The van der Waals surface area contributed by atoms with Crippen LogP contribution in [-0.4, -0.2) is 29.5 Å². The molecule has 1 aliphatic rings. The molecule has 0 spiro atoms. The van der Waals surface area contributed by atoms with Crippen molar-refractivity contribution in [1.29, 1.82) is 0 Å². The van der Waals surface area contributed by atoms with Gasteiger partial charge in [0.15, 0.2) is 11.5 Å². The number of nitrogens with zero attached hydrogens (tertiary/aromatic N) is 5. The maximum Gasteiger partial charge on any atom is 0.266 e. The summed E-state index contributed by atoms with van der Waals surface area (Å²) in [5.41, 5.74) is 3.70. The van der Waals surface area contributed by atoms with E-state index in [2.05, 4.69) is 25.3 Å². The van der Waals surface area contributed by atoms with Crippen LogP contribution in [0.1, 0.15) is 30.3 Å². The number of imidazole rings is 1. The van der Waals surface area contributed by atoms with Crippen molar-refractivity contribution in [3.8, 4) is 5.69 Å². The summed E-state index contributed by atoms with van der Waals surface area (Å²) in [6, 6.07) is 15.3. The van der Waals surface area contributed by atoms with Gasteiger partial charge in [-0.1, -0.05) is 30.3 Å². The van der Waals surface area contributed by atoms with Gasteiger partial charge in [0.1, 0.15) is 17.7 Å². The fourth-order valence-corrected chi connectivity index (χ4v) is 4.29. The van der Waals surface area contributed by atoms with Crippen LogP contribution in [0.15, 0.2) is 66.0 Å². The molecule has 3 heterocycles. The Labute approximate surface area is 183 Å². The van der Waals surface area contributed by atoms with Crippen LogP contribution in [0.25, 0.3) is 27.8 Å². The van der Waals surface area contributed by atoms with Gasteiger partial charge in [-0.15, -0.1) is 0 Å². The summed E-state index contributed by atoms with van der Waals surface area (Å²) in [7, 11) is 0. The van der Waals surface area contributed by atoms with Crippen LogP contribution in [-0.2, 0) is 0 Å². The van der Waals surface area contributed by atoms with Crippen LogP contribution in [0.3, 0.4) is 0 Å². The zero-order valence-corrected chi connectivity index (χ0v) is 17.5. The number of nitrogens with one attached hydrogen (secondary N) is 2. The van der Waals surface area contributed by atoms with Gasteiger partial charge in [0, 0.05) is 0 Å². The van der Waals surface area contributed by atoms with E-state index < -0.39 is 0 Å². The number of aromatic amines is 1. The average Bonchev–Trinajstić information content (AvgIpc) is 3.53. The van der Waals surface area contributed by atoms with E-state index in [0.717, 1.165) is 29.6 Å². The van der Waals surface area contributed by atoms with Gasteiger partial charge >= 0.3 is 0 Å². The molecule has 0 radical (unpaired) electrons. The Morgan fingerprint density at radius 3 is 2.72 bits per heavy atom. The molecule has 0 amide bonds. The van der Waals surface area contributed by atoms with Crippen molar-refractivity contribution in [2.75, 3.05) is 5.32 Å². The molecular weight excluding hydrogens is 402 g/mol.